The van der Waals surface area contributed by atoms with Crippen LogP contribution in [0.5, 0.6) is 5.75 Å². The summed E-state index contributed by atoms with van der Waals surface area (Å²) in [4.78, 5) is 16.4. The molecule has 6 nitrogen and oxygen atoms in total. The first-order valence-electron chi connectivity index (χ1n) is 8.92. The molecule has 1 amide bonds. The molecule has 29 heavy (non-hydrogen) atoms. The number of hydrazone groups is 1. The average molecular weight is 449 g/mol. The average Bonchev–Trinajstić information content (AvgIpc) is 3.21. The van der Waals surface area contributed by atoms with E-state index >= 15 is 0 Å². The molecule has 0 unspecified atom stereocenters. The maximum Gasteiger partial charge on any atom is 0.277 e. The Balaban J connectivity index is 1.37. The van der Waals surface area contributed by atoms with Gasteiger partial charge in [0, 0.05) is 27.9 Å². The van der Waals surface area contributed by atoms with E-state index in [9.17, 15) is 4.79 Å². The van der Waals surface area contributed by atoms with Crippen molar-refractivity contribution in [3.63, 3.8) is 0 Å². The summed E-state index contributed by atoms with van der Waals surface area (Å²) in [6.07, 6.45) is 5.22. The number of amides is 1. The molecule has 0 aliphatic carbocycles. The van der Waals surface area contributed by atoms with Crippen molar-refractivity contribution in [2.24, 2.45) is 5.10 Å². The first-order chi connectivity index (χ1) is 14.2. The normalized spacial score (nSPS) is 11.1. The molecule has 144 valence electrons. The van der Waals surface area contributed by atoms with Crippen molar-refractivity contribution in [2.75, 3.05) is 6.61 Å². The summed E-state index contributed by atoms with van der Waals surface area (Å²) in [7, 11) is 0. The lowest BCUT2D eigenvalue weighted by Crippen LogP contribution is -2.24. The Morgan fingerprint density at radius 3 is 2.79 bits per heavy atom. The van der Waals surface area contributed by atoms with Crippen LogP contribution in [0.25, 0.3) is 16.6 Å². The van der Waals surface area contributed by atoms with Crippen LogP contribution in [-0.2, 0) is 4.79 Å². The van der Waals surface area contributed by atoms with Gasteiger partial charge < -0.3 is 9.30 Å². The number of carbonyl (C=O) groups excluding carboxylic acids is 1. The van der Waals surface area contributed by atoms with E-state index in [1.165, 1.54) is 0 Å². The fourth-order valence-corrected chi connectivity index (χ4v) is 3.14. The number of rotatable bonds is 6. The Morgan fingerprint density at radius 2 is 1.93 bits per heavy atom. The molecule has 1 N–H and O–H groups in total. The van der Waals surface area contributed by atoms with Gasteiger partial charge in [0.05, 0.1) is 11.9 Å². The van der Waals surface area contributed by atoms with E-state index in [1.54, 1.807) is 18.5 Å². The summed E-state index contributed by atoms with van der Waals surface area (Å²) in [6.45, 7) is -0.152. The highest BCUT2D eigenvalue weighted by Crippen LogP contribution is 2.22. The molecule has 0 radical (unpaired) electrons. The molecule has 0 spiro atoms. The maximum absolute atomic E-state index is 12.1. The standard InChI is InChI=1S/C22H17BrN4O2/c23-17-8-10-18(11-9-17)27-13-3-6-19(27)14-25-26-21(28)15-29-20-7-1-4-16-5-2-12-24-22(16)20/h1-14H,15H2,(H,26,28)/b25-14+. The number of pyridine rings is 1. The first kappa shape index (κ1) is 18.9. The third-order valence-corrected chi connectivity index (χ3v) is 4.75. The molecule has 0 saturated heterocycles. The van der Waals surface area contributed by atoms with Crippen LogP contribution in [0.2, 0.25) is 0 Å². The van der Waals surface area contributed by atoms with Gasteiger partial charge in [0.2, 0.25) is 0 Å². The van der Waals surface area contributed by atoms with E-state index in [0.29, 0.717) is 5.75 Å². The number of halogens is 1. The molecule has 0 atom stereocenters. The number of benzene rings is 2. The monoisotopic (exact) mass is 448 g/mol. The molecule has 7 heteroatoms. The fourth-order valence-electron chi connectivity index (χ4n) is 2.87. The molecule has 2 aromatic heterocycles. The zero-order valence-electron chi connectivity index (χ0n) is 15.3. The Morgan fingerprint density at radius 1 is 1.10 bits per heavy atom. The number of fused-ring (bicyclic) bond motifs is 1. The highest BCUT2D eigenvalue weighted by molar-refractivity contribution is 9.10. The van der Waals surface area contributed by atoms with Crippen molar-refractivity contribution in [3.8, 4) is 11.4 Å². The summed E-state index contributed by atoms with van der Waals surface area (Å²) in [5.41, 5.74) is 5.05. The number of hydrogen-bond acceptors (Lipinski definition) is 4. The summed E-state index contributed by atoms with van der Waals surface area (Å²) in [5, 5.41) is 5.00. The Labute approximate surface area is 176 Å². The van der Waals surface area contributed by atoms with Gasteiger partial charge in [-0.05, 0) is 48.5 Å². The predicted octanol–water partition coefficient (Wildman–Crippen LogP) is 4.32. The minimum atomic E-state index is -0.351. The second-order valence-corrected chi connectivity index (χ2v) is 7.11. The molecule has 0 fully saturated rings. The van der Waals surface area contributed by atoms with Gasteiger partial charge >= 0.3 is 0 Å². The molecule has 0 bridgehead atoms. The zero-order chi connectivity index (χ0) is 20.1. The summed E-state index contributed by atoms with van der Waals surface area (Å²) in [6, 6.07) is 21.2. The van der Waals surface area contributed by atoms with Gasteiger partial charge in [-0.2, -0.15) is 5.10 Å². The van der Waals surface area contributed by atoms with E-state index < -0.39 is 0 Å². The summed E-state index contributed by atoms with van der Waals surface area (Å²) >= 11 is 3.43. The van der Waals surface area contributed by atoms with Crippen LogP contribution in [0, 0.1) is 0 Å². The topological polar surface area (TPSA) is 68.5 Å². The van der Waals surface area contributed by atoms with Crippen LogP contribution in [0.4, 0.5) is 0 Å². The number of nitrogens with zero attached hydrogens (tertiary/aromatic N) is 3. The lowest BCUT2D eigenvalue weighted by atomic mass is 10.2. The third kappa shape index (κ3) is 4.52. The number of hydrogen-bond donors (Lipinski definition) is 1. The van der Waals surface area contributed by atoms with Crippen molar-refractivity contribution in [1.29, 1.82) is 0 Å². The number of ether oxygens (including phenoxy) is 1. The smallest absolute Gasteiger partial charge is 0.277 e. The van der Waals surface area contributed by atoms with Gasteiger partial charge in [0.15, 0.2) is 6.61 Å². The minimum Gasteiger partial charge on any atom is -0.481 e. The number of aromatic nitrogens is 2. The predicted molar refractivity (Wildman–Crippen MR) is 116 cm³/mol. The van der Waals surface area contributed by atoms with Crippen LogP contribution in [0.3, 0.4) is 0 Å². The zero-order valence-corrected chi connectivity index (χ0v) is 16.9. The van der Waals surface area contributed by atoms with E-state index in [2.05, 4.69) is 31.4 Å². The number of para-hydroxylation sites is 1. The largest absolute Gasteiger partial charge is 0.481 e. The van der Waals surface area contributed by atoms with Gasteiger partial charge in [-0.15, -0.1) is 0 Å². The lowest BCUT2D eigenvalue weighted by Gasteiger charge is -2.08. The van der Waals surface area contributed by atoms with Gasteiger partial charge in [0.25, 0.3) is 5.91 Å². The minimum absolute atomic E-state index is 0.152. The lowest BCUT2D eigenvalue weighted by molar-refractivity contribution is -0.123. The molecule has 0 aliphatic rings. The van der Waals surface area contributed by atoms with E-state index in [-0.39, 0.29) is 12.5 Å². The van der Waals surface area contributed by atoms with Crippen LogP contribution in [-0.4, -0.2) is 28.3 Å². The highest BCUT2D eigenvalue weighted by Gasteiger charge is 2.06. The highest BCUT2D eigenvalue weighted by atomic mass is 79.9. The quantitative estimate of drug-likeness (QED) is 0.352. The van der Waals surface area contributed by atoms with Crippen molar-refractivity contribution < 1.29 is 9.53 Å². The summed E-state index contributed by atoms with van der Waals surface area (Å²) < 4.78 is 8.60. The third-order valence-electron chi connectivity index (χ3n) is 4.23. The first-order valence-corrected chi connectivity index (χ1v) is 9.72. The van der Waals surface area contributed by atoms with Crippen LogP contribution < -0.4 is 10.2 Å². The molecule has 0 aliphatic heterocycles. The van der Waals surface area contributed by atoms with Crippen molar-refractivity contribution in [1.82, 2.24) is 15.0 Å². The molecule has 4 rings (SSSR count). The Kier molecular flexibility index (Phi) is 5.67. The summed E-state index contributed by atoms with van der Waals surface area (Å²) in [5.74, 6) is 0.210. The van der Waals surface area contributed by atoms with Gasteiger partial charge in [-0.1, -0.05) is 34.1 Å². The van der Waals surface area contributed by atoms with Crippen LogP contribution in [0.15, 0.2) is 88.7 Å². The van der Waals surface area contributed by atoms with Crippen LogP contribution >= 0.6 is 15.9 Å². The SMILES string of the molecule is O=C(COc1cccc2cccnc12)N/N=C/c1cccn1-c1ccc(Br)cc1. The fraction of sp³-hybridized carbons (Fsp3) is 0.0455. The molecule has 2 aromatic carbocycles. The Hall–Kier alpha value is -3.45. The second kappa shape index (κ2) is 8.70. The van der Waals surface area contributed by atoms with E-state index in [0.717, 1.165) is 26.8 Å². The van der Waals surface area contributed by atoms with Crippen molar-refractivity contribution in [3.05, 3.63) is 89.3 Å². The van der Waals surface area contributed by atoms with Gasteiger partial charge in [0.1, 0.15) is 11.3 Å². The molecular weight excluding hydrogens is 432 g/mol. The number of carbonyl (C=O) groups is 1. The maximum atomic E-state index is 12.1. The van der Waals surface area contributed by atoms with Crippen molar-refractivity contribution in [2.45, 2.75) is 0 Å². The van der Waals surface area contributed by atoms with E-state index in [1.807, 2.05) is 71.4 Å². The molecular formula is C22H17BrN4O2. The van der Waals surface area contributed by atoms with Crippen LogP contribution in [0.1, 0.15) is 5.69 Å². The molecule has 0 saturated carbocycles. The van der Waals surface area contributed by atoms with E-state index in [4.69, 9.17) is 4.74 Å². The second-order valence-electron chi connectivity index (χ2n) is 6.19. The van der Waals surface area contributed by atoms with Gasteiger partial charge in [-0.3, -0.25) is 9.78 Å². The molecule has 4 aromatic rings. The Bertz CT molecular complexity index is 1160. The number of nitrogens with one attached hydrogen (secondary N) is 1. The van der Waals surface area contributed by atoms with Crippen molar-refractivity contribution >= 4 is 39.0 Å². The van der Waals surface area contributed by atoms with Gasteiger partial charge in [-0.25, -0.2) is 5.43 Å². The molecule has 2 heterocycles.